The van der Waals surface area contributed by atoms with Crippen LogP contribution < -0.4 is 5.63 Å². The molecule has 0 saturated heterocycles. The molecule has 1 aromatic carbocycles. The van der Waals surface area contributed by atoms with Crippen molar-refractivity contribution in [3.8, 4) is 5.75 Å². The molecular weight excluding hydrogens is 292 g/mol. The molecule has 118 valence electrons. The van der Waals surface area contributed by atoms with Crippen LogP contribution in [0.15, 0.2) is 51.1 Å². The van der Waals surface area contributed by atoms with Crippen LogP contribution in [0, 0.1) is 0 Å². The molecule has 0 fully saturated rings. The molecule has 0 bridgehead atoms. The minimum atomic E-state index is -0.531. The van der Waals surface area contributed by atoms with Crippen molar-refractivity contribution in [1.82, 2.24) is 0 Å². The Balaban J connectivity index is 2.62. The molecule has 23 heavy (non-hydrogen) atoms. The van der Waals surface area contributed by atoms with Crippen LogP contribution >= 0.6 is 0 Å². The predicted octanol–water partition coefficient (Wildman–Crippen LogP) is 4.74. The van der Waals surface area contributed by atoms with Crippen molar-refractivity contribution in [2.45, 2.75) is 26.2 Å². The Hall–Kier alpha value is -2.75. The molecule has 2 aromatic heterocycles. The minimum Gasteiger partial charge on any atom is -0.507 e. The van der Waals surface area contributed by atoms with Crippen molar-refractivity contribution >= 4 is 27.5 Å². The molecular formula is C19H18O4. The van der Waals surface area contributed by atoms with Gasteiger partial charge in [0, 0.05) is 17.0 Å². The van der Waals surface area contributed by atoms with Gasteiger partial charge in [-0.05, 0) is 24.6 Å². The summed E-state index contributed by atoms with van der Waals surface area (Å²) in [7, 11) is 0. The molecule has 0 atom stereocenters. The normalized spacial score (nSPS) is 12.0. The van der Waals surface area contributed by atoms with Crippen LogP contribution in [0.25, 0.3) is 27.5 Å². The van der Waals surface area contributed by atoms with Gasteiger partial charge in [0.25, 0.3) is 0 Å². The largest absolute Gasteiger partial charge is 0.507 e. The van der Waals surface area contributed by atoms with Gasteiger partial charge >= 0.3 is 5.63 Å². The molecule has 4 heteroatoms. The van der Waals surface area contributed by atoms with Gasteiger partial charge in [-0.2, -0.15) is 0 Å². The highest BCUT2D eigenvalue weighted by Crippen LogP contribution is 2.45. The number of phenols is 1. The van der Waals surface area contributed by atoms with E-state index in [0.717, 1.165) is 5.57 Å². The summed E-state index contributed by atoms with van der Waals surface area (Å²) in [6, 6.07) is 4.63. The van der Waals surface area contributed by atoms with Crippen LogP contribution in [0.1, 0.15) is 32.1 Å². The summed E-state index contributed by atoms with van der Waals surface area (Å²) >= 11 is 0. The summed E-state index contributed by atoms with van der Waals surface area (Å²) in [6.07, 6.45) is 1.75. The Morgan fingerprint density at radius 2 is 1.91 bits per heavy atom. The Labute approximate surface area is 133 Å². The number of rotatable bonds is 3. The summed E-state index contributed by atoms with van der Waals surface area (Å²) in [4.78, 5) is 11.6. The van der Waals surface area contributed by atoms with Gasteiger partial charge in [0.15, 0.2) is 5.58 Å². The van der Waals surface area contributed by atoms with Crippen molar-refractivity contribution in [2.24, 2.45) is 0 Å². The van der Waals surface area contributed by atoms with Gasteiger partial charge in [0.1, 0.15) is 17.1 Å². The zero-order valence-electron chi connectivity index (χ0n) is 13.4. The van der Waals surface area contributed by atoms with Crippen LogP contribution in [0.2, 0.25) is 0 Å². The predicted molar refractivity (Wildman–Crippen MR) is 91.9 cm³/mol. The highest BCUT2D eigenvalue weighted by atomic mass is 16.4. The third-order valence-electron chi connectivity index (χ3n) is 4.10. The fourth-order valence-electron chi connectivity index (χ4n) is 2.70. The third kappa shape index (κ3) is 2.18. The molecule has 0 saturated carbocycles. The van der Waals surface area contributed by atoms with Crippen molar-refractivity contribution in [2.75, 3.05) is 0 Å². The molecule has 3 rings (SSSR count). The molecule has 0 aliphatic rings. The molecule has 0 radical (unpaired) electrons. The fourth-order valence-corrected chi connectivity index (χ4v) is 2.70. The molecule has 0 amide bonds. The van der Waals surface area contributed by atoms with Crippen molar-refractivity contribution in [3.63, 3.8) is 0 Å². The fraction of sp³-hybridized carbons (Fsp3) is 0.211. The summed E-state index contributed by atoms with van der Waals surface area (Å²) in [5.41, 5.74) is 1.13. The first-order chi connectivity index (χ1) is 10.8. The Morgan fingerprint density at radius 3 is 2.52 bits per heavy atom. The first kappa shape index (κ1) is 15.2. The highest BCUT2D eigenvalue weighted by Gasteiger charge is 2.29. The number of benzene rings is 1. The number of phenolic OH excluding ortho intramolecular Hbond substituents is 1. The first-order valence-electron chi connectivity index (χ1n) is 7.28. The third-order valence-corrected chi connectivity index (χ3v) is 4.10. The monoisotopic (exact) mass is 310 g/mol. The summed E-state index contributed by atoms with van der Waals surface area (Å²) in [6.45, 7) is 13.4. The van der Waals surface area contributed by atoms with Gasteiger partial charge in [0.2, 0.25) is 0 Å². The summed E-state index contributed by atoms with van der Waals surface area (Å²) in [5.74, 6) is 0.614. The van der Waals surface area contributed by atoms with Crippen LogP contribution in [0.5, 0.6) is 5.75 Å². The van der Waals surface area contributed by atoms with E-state index in [1.807, 2.05) is 20.8 Å². The maximum atomic E-state index is 11.6. The second-order valence-electron chi connectivity index (χ2n) is 6.28. The van der Waals surface area contributed by atoms with Crippen LogP contribution in [0.3, 0.4) is 0 Å². The van der Waals surface area contributed by atoms with Crippen molar-refractivity contribution in [3.05, 3.63) is 59.2 Å². The van der Waals surface area contributed by atoms with Crippen LogP contribution in [0.4, 0.5) is 0 Å². The zero-order chi connectivity index (χ0) is 16.9. The van der Waals surface area contributed by atoms with Gasteiger partial charge in [-0.25, -0.2) is 4.79 Å². The lowest BCUT2D eigenvalue weighted by molar-refractivity contribution is 0.457. The van der Waals surface area contributed by atoms with E-state index in [0.29, 0.717) is 33.3 Å². The molecule has 0 aliphatic heterocycles. The number of hydrogen-bond acceptors (Lipinski definition) is 4. The molecule has 3 aromatic rings. The van der Waals surface area contributed by atoms with E-state index in [4.69, 9.17) is 8.83 Å². The van der Waals surface area contributed by atoms with E-state index < -0.39 is 11.0 Å². The number of aromatic hydroxyl groups is 1. The molecule has 0 aliphatic carbocycles. The van der Waals surface area contributed by atoms with Gasteiger partial charge in [0.05, 0.1) is 10.8 Å². The lowest BCUT2D eigenvalue weighted by Crippen LogP contribution is -2.14. The van der Waals surface area contributed by atoms with E-state index in [-0.39, 0.29) is 5.75 Å². The Morgan fingerprint density at radius 1 is 1.22 bits per heavy atom. The topological polar surface area (TPSA) is 63.6 Å². The number of fused-ring (bicyclic) bond motifs is 3. The van der Waals surface area contributed by atoms with Crippen LogP contribution in [-0.4, -0.2) is 5.11 Å². The Bertz CT molecular complexity index is 1020. The SMILES string of the molecule is C=CC(C)(C)c1c(O)c2ccc(=O)oc2c2cc(C(=C)C)oc12. The maximum Gasteiger partial charge on any atom is 0.336 e. The van der Waals surface area contributed by atoms with E-state index in [2.05, 4.69) is 13.2 Å². The minimum absolute atomic E-state index is 0.0313. The zero-order valence-corrected chi connectivity index (χ0v) is 13.4. The van der Waals surface area contributed by atoms with Crippen LogP contribution in [-0.2, 0) is 5.41 Å². The van der Waals surface area contributed by atoms with Gasteiger partial charge in [-0.1, -0.05) is 26.5 Å². The Kier molecular flexibility index (Phi) is 3.22. The standard InChI is InChI=1S/C19H18O4/c1-6-19(4,5)15-16(21)11-7-8-14(20)23-17(11)12-9-13(10(2)3)22-18(12)15/h6-9,21H,1-2H2,3-5H3. The maximum absolute atomic E-state index is 11.6. The molecule has 0 unspecified atom stereocenters. The summed E-state index contributed by atoms with van der Waals surface area (Å²) in [5, 5.41) is 11.9. The van der Waals surface area contributed by atoms with E-state index in [9.17, 15) is 9.90 Å². The van der Waals surface area contributed by atoms with E-state index >= 15 is 0 Å². The molecule has 4 nitrogen and oxygen atoms in total. The lowest BCUT2D eigenvalue weighted by atomic mass is 9.82. The van der Waals surface area contributed by atoms with E-state index in [1.165, 1.54) is 6.07 Å². The van der Waals surface area contributed by atoms with Gasteiger partial charge < -0.3 is 13.9 Å². The summed E-state index contributed by atoms with van der Waals surface area (Å²) < 4.78 is 11.2. The molecule has 1 N–H and O–H groups in total. The van der Waals surface area contributed by atoms with Gasteiger partial charge in [-0.15, -0.1) is 6.58 Å². The molecule has 2 heterocycles. The number of hydrogen-bond donors (Lipinski definition) is 1. The van der Waals surface area contributed by atoms with Gasteiger partial charge in [-0.3, -0.25) is 0 Å². The lowest BCUT2D eigenvalue weighted by Gasteiger charge is -2.22. The highest BCUT2D eigenvalue weighted by molar-refractivity contribution is 6.08. The molecule has 0 spiro atoms. The van der Waals surface area contributed by atoms with E-state index in [1.54, 1.807) is 18.2 Å². The number of allylic oxidation sites excluding steroid dienone is 2. The van der Waals surface area contributed by atoms with Crippen molar-refractivity contribution in [1.29, 1.82) is 0 Å². The second-order valence-corrected chi connectivity index (χ2v) is 6.28. The van der Waals surface area contributed by atoms with Crippen molar-refractivity contribution < 1.29 is 13.9 Å². The smallest absolute Gasteiger partial charge is 0.336 e. The number of furan rings is 1. The second kappa shape index (κ2) is 4.88. The average Bonchev–Trinajstić information content (AvgIpc) is 2.92. The first-order valence-corrected chi connectivity index (χ1v) is 7.28. The quantitative estimate of drug-likeness (QED) is 0.560. The average molecular weight is 310 g/mol.